The van der Waals surface area contributed by atoms with Crippen molar-refractivity contribution in [2.75, 3.05) is 0 Å². The minimum Gasteiger partial charge on any atom is -0.426 e. The Balaban J connectivity index is 1.97. The Labute approximate surface area is 90.0 Å². The molecule has 0 aliphatic heterocycles. The van der Waals surface area contributed by atoms with E-state index in [1.165, 1.54) is 10.7 Å². The van der Waals surface area contributed by atoms with Gasteiger partial charge in [0.1, 0.15) is 0 Å². The van der Waals surface area contributed by atoms with E-state index in [0.717, 1.165) is 0 Å². The third-order valence-electron chi connectivity index (χ3n) is 1.94. The van der Waals surface area contributed by atoms with Crippen LogP contribution in [0.25, 0.3) is 0 Å². The monoisotopic (exact) mass is 223 g/mol. The summed E-state index contributed by atoms with van der Waals surface area (Å²) in [6.07, 6.45) is 2.04. The normalized spacial score (nSPS) is 10.6. The lowest BCUT2D eigenvalue weighted by Gasteiger charge is -1.92. The molecule has 0 saturated carbocycles. The molecule has 8 heteroatoms. The van der Waals surface area contributed by atoms with Crippen molar-refractivity contribution in [2.45, 2.75) is 19.9 Å². The summed E-state index contributed by atoms with van der Waals surface area (Å²) in [5, 5.41) is 21.6. The molecule has 2 heterocycles. The number of nitrogens with zero attached hydrogens (tertiary/aromatic N) is 5. The molecule has 16 heavy (non-hydrogen) atoms. The van der Waals surface area contributed by atoms with Crippen molar-refractivity contribution in [1.29, 1.82) is 0 Å². The van der Waals surface area contributed by atoms with Gasteiger partial charge in [-0.3, -0.25) is 0 Å². The summed E-state index contributed by atoms with van der Waals surface area (Å²) >= 11 is 0. The molecule has 0 N–H and O–H groups in total. The maximum Gasteiger partial charge on any atom is 0.389 e. The first-order chi connectivity index (χ1) is 7.65. The standard InChI is InChI=1S/C8H9N5O3/c1-6-9-10-8(16-6)3-5-12-4-2-7(11-12)13(14)15/h2,4H,3,5H2,1H3. The molecule has 8 nitrogen and oxygen atoms in total. The van der Waals surface area contributed by atoms with Crippen LogP contribution in [0.2, 0.25) is 0 Å². The van der Waals surface area contributed by atoms with E-state index in [1.54, 1.807) is 13.1 Å². The van der Waals surface area contributed by atoms with E-state index in [-0.39, 0.29) is 5.82 Å². The Morgan fingerprint density at radius 2 is 2.38 bits per heavy atom. The topological polar surface area (TPSA) is 99.9 Å². The van der Waals surface area contributed by atoms with Crippen LogP contribution >= 0.6 is 0 Å². The number of hydrogen-bond donors (Lipinski definition) is 0. The van der Waals surface area contributed by atoms with E-state index in [2.05, 4.69) is 15.3 Å². The van der Waals surface area contributed by atoms with Gasteiger partial charge in [-0.15, -0.1) is 10.2 Å². The number of aryl methyl sites for hydroxylation is 3. The second kappa shape index (κ2) is 4.09. The molecular formula is C8H9N5O3. The molecular weight excluding hydrogens is 214 g/mol. The number of nitro groups is 1. The second-order valence-electron chi connectivity index (χ2n) is 3.16. The van der Waals surface area contributed by atoms with Gasteiger partial charge in [0.05, 0.1) is 23.9 Å². The highest BCUT2D eigenvalue weighted by molar-refractivity contribution is 5.13. The van der Waals surface area contributed by atoms with Crippen molar-refractivity contribution in [1.82, 2.24) is 20.0 Å². The first-order valence-corrected chi connectivity index (χ1v) is 4.62. The Kier molecular flexibility index (Phi) is 2.63. The van der Waals surface area contributed by atoms with Gasteiger partial charge in [-0.05, 0) is 4.92 Å². The summed E-state index contributed by atoms with van der Waals surface area (Å²) in [5.74, 6) is 0.832. The van der Waals surface area contributed by atoms with Crippen LogP contribution in [0.4, 0.5) is 5.82 Å². The third kappa shape index (κ3) is 2.22. The maximum absolute atomic E-state index is 10.4. The van der Waals surface area contributed by atoms with Gasteiger partial charge in [-0.1, -0.05) is 0 Å². The van der Waals surface area contributed by atoms with Crippen molar-refractivity contribution in [3.05, 3.63) is 34.2 Å². The van der Waals surface area contributed by atoms with Gasteiger partial charge in [-0.25, -0.2) is 0 Å². The van der Waals surface area contributed by atoms with E-state index < -0.39 is 4.92 Å². The van der Waals surface area contributed by atoms with E-state index in [1.807, 2.05) is 0 Å². The fourth-order valence-electron chi connectivity index (χ4n) is 1.22. The zero-order chi connectivity index (χ0) is 11.5. The molecule has 0 fully saturated rings. The third-order valence-corrected chi connectivity index (χ3v) is 1.94. The van der Waals surface area contributed by atoms with Crippen LogP contribution in [0.5, 0.6) is 0 Å². The molecule has 0 amide bonds. The van der Waals surface area contributed by atoms with Crippen LogP contribution in [0.1, 0.15) is 11.8 Å². The highest BCUT2D eigenvalue weighted by Gasteiger charge is 2.11. The summed E-state index contributed by atoms with van der Waals surface area (Å²) in [6, 6.07) is 1.35. The molecule has 2 rings (SSSR count). The predicted octanol–water partition coefficient (Wildman–Crippen LogP) is 0.725. The number of rotatable bonds is 4. The Morgan fingerprint density at radius 3 is 2.94 bits per heavy atom. The largest absolute Gasteiger partial charge is 0.426 e. The van der Waals surface area contributed by atoms with Gasteiger partial charge in [0.2, 0.25) is 11.8 Å². The van der Waals surface area contributed by atoms with E-state index in [0.29, 0.717) is 24.7 Å². The first-order valence-electron chi connectivity index (χ1n) is 4.62. The van der Waals surface area contributed by atoms with Gasteiger partial charge in [-0.2, -0.15) is 4.68 Å². The molecule has 0 aliphatic carbocycles. The molecule has 2 aromatic heterocycles. The van der Waals surface area contributed by atoms with Crippen LogP contribution in [0, 0.1) is 17.0 Å². The minimum atomic E-state index is -0.534. The molecule has 0 spiro atoms. The van der Waals surface area contributed by atoms with Crippen LogP contribution in [-0.4, -0.2) is 24.9 Å². The number of aromatic nitrogens is 4. The van der Waals surface area contributed by atoms with Crippen molar-refractivity contribution < 1.29 is 9.34 Å². The molecule has 0 saturated heterocycles. The van der Waals surface area contributed by atoms with Crippen LogP contribution in [0.15, 0.2) is 16.7 Å². The molecule has 0 radical (unpaired) electrons. The number of hydrogen-bond acceptors (Lipinski definition) is 6. The highest BCUT2D eigenvalue weighted by atomic mass is 16.6. The highest BCUT2D eigenvalue weighted by Crippen LogP contribution is 2.06. The second-order valence-corrected chi connectivity index (χ2v) is 3.16. The van der Waals surface area contributed by atoms with Gasteiger partial charge in [0.25, 0.3) is 0 Å². The lowest BCUT2D eigenvalue weighted by atomic mass is 10.4. The van der Waals surface area contributed by atoms with Crippen molar-refractivity contribution in [3.8, 4) is 0 Å². The fraction of sp³-hybridized carbons (Fsp3) is 0.375. The van der Waals surface area contributed by atoms with Gasteiger partial charge < -0.3 is 14.5 Å². The summed E-state index contributed by atoms with van der Waals surface area (Å²) < 4.78 is 6.63. The van der Waals surface area contributed by atoms with E-state index in [9.17, 15) is 10.1 Å². The molecule has 0 atom stereocenters. The molecule has 2 aromatic rings. The quantitative estimate of drug-likeness (QED) is 0.559. The molecule has 0 unspecified atom stereocenters. The molecule has 0 bridgehead atoms. The van der Waals surface area contributed by atoms with Crippen LogP contribution in [-0.2, 0) is 13.0 Å². The van der Waals surface area contributed by atoms with Crippen molar-refractivity contribution in [3.63, 3.8) is 0 Å². The van der Waals surface area contributed by atoms with Gasteiger partial charge in [0.15, 0.2) is 0 Å². The summed E-state index contributed by atoms with van der Waals surface area (Å²) in [5.41, 5.74) is 0. The van der Waals surface area contributed by atoms with Crippen LogP contribution in [0.3, 0.4) is 0 Å². The zero-order valence-corrected chi connectivity index (χ0v) is 8.53. The lowest BCUT2D eigenvalue weighted by molar-refractivity contribution is -0.389. The Morgan fingerprint density at radius 1 is 1.56 bits per heavy atom. The fourth-order valence-corrected chi connectivity index (χ4v) is 1.22. The van der Waals surface area contributed by atoms with Crippen molar-refractivity contribution in [2.24, 2.45) is 0 Å². The average molecular weight is 223 g/mol. The summed E-state index contributed by atoms with van der Waals surface area (Å²) in [7, 11) is 0. The summed E-state index contributed by atoms with van der Waals surface area (Å²) in [4.78, 5) is 9.85. The molecule has 0 aliphatic rings. The molecule has 84 valence electrons. The summed E-state index contributed by atoms with van der Waals surface area (Å²) in [6.45, 7) is 2.17. The lowest BCUT2D eigenvalue weighted by Crippen LogP contribution is -2.03. The first kappa shape index (κ1) is 10.3. The smallest absolute Gasteiger partial charge is 0.389 e. The van der Waals surface area contributed by atoms with Gasteiger partial charge >= 0.3 is 5.82 Å². The van der Waals surface area contributed by atoms with E-state index >= 15 is 0 Å². The van der Waals surface area contributed by atoms with Crippen LogP contribution < -0.4 is 0 Å². The SMILES string of the molecule is Cc1nnc(CCn2ccc([N+](=O)[O-])n2)o1. The molecule has 0 aromatic carbocycles. The Hall–Kier alpha value is -2.25. The van der Waals surface area contributed by atoms with E-state index in [4.69, 9.17) is 4.42 Å². The maximum atomic E-state index is 10.4. The zero-order valence-electron chi connectivity index (χ0n) is 8.53. The van der Waals surface area contributed by atoms with Gasteiger partial charge in [0, 0.05) is 13.3 Å². The minimum absolute atomic E-state index is 0.165. The Bertz CT molecular complexity index is 503. The average Bonchev–Trinajstić information content (AvgIpc) is 2.83. The van der Waals surface area contributed by atoms with Crippen molar-refractivity contribution >= 4 is 5.82 Å². The predicted molar refractivity (Wildman–Crippen MR) is 51.6 cm³/mol.